The van der Waals surface area contributed by atoms with Crippen LogP contribution in [-0.2, 0) is 0 Å². The lowest BCUT2D eigenvalue weighted by molar-refractivity contribution is 1.39. The van der Waals surface area contributed by atoms with Gasteiger partial charge in [-0.2, -0.15) is 0 Å². The van der Waals surface area contributed by atoms with Gasteiger partial charge in [0, 0.05) is 0 Å². The van der Waals surface area contributed by atoms with E-state index in [4.69, 9.17) is 0 Å². The van der Waals surface area contributed by atoms with Gasteiger partial charge in [-0.15, -0.1) is 0 Å². The summed E-state index contributed by atoms with van der Waals surface area (Å²) >= 11 is 0. The zero-order valence-corrected chi connectivity index (χ0v) is 11.0. The summed E-state index contributed by atoms with van der Waals surface area (Å²) in [6.07, 6.45) is 0. The highest BCUT2D eigenvalue weighted by atomic mass is 14.1. The van der Waals surface area contributed by atoms with Crippen LogP contribution in [0.15, 0.2) is 72.8 Å². The third kappa shape index (κ3) is 2.60. The van der Waals surface area contributed by atoms with Gasteiger partial charge in [0.2, 0.25) is 0 Å². The third-order valence-electron chi connectivity index (χ3n) is 2.99. The first-order chi connectivity index (χ1) is 8.70. The normalized spacial score (nSPS) is 9.89. The molecule has 0 amide bonds. The molecule has 2 aromatic carbocycles. The van der Waals surface area contributed by atoms with Crippen LogP contribution in [0.25, 0.3) is 11.1 Å². The van der Waals surface area contributed by atoms with Crippen LogP contribution in [0.1, 0.15) is 25.0 Å². The molecule has 0 fully saturated rings. The fourth-order valence-electron chi connectivity index (χ4n) is 2.15. The Morgan fingerprint density at radius 3 is 1.61 bits per heavy atom. The predicted molar refractivity (Wildman–Crippen MR) is 80.2 cm³/mol. The lowest BCUT2D eigenvalue weighted by Gasteiger charge is -2.14. The van der Waals surface area contributed by atoms with Crippen molar-refractivity contribution in [2.45, 2.75) is 13.8 Å². The highest BCUT2D eigenvalue weighted by Gasteiger charge is 2.09. The molecule has 2 rings (SSSR count). The Labute approximate surface area is 109 Å². The van der Waals surface area contributed by atoms with Crippen molar-refractivity contribution in [3.8, 4) is 0 Å². The molecule has 0 heterocycles. The molecule has 0 unspecified atom stereocenters. The van der Waals surface area contributed by atoms with Crippen molar-refractivity contribution in [1.82, 2.24) is 0 Å². The molecule has 0 saturated carbocycles. The highest BCUT2D eigenvalue weighted by Crippen LogP contribution is 2.32. The van der Waals surface area contributed by atoms with Gasteiger partial charge in [-0.1, -0.05) is 72.8 Å². The lowest BCUT2D eigenvalue weighted by Crippen LogP contribution is -1.91. The molecule has 0 radical (unpaired) electrons. The molecule has 0 aliphatic carbocycles. The fourth-order valence-corrected chi connectivity index (χ4v) is 2.15. The summed E-state index contributed by atoms with van der Waals surface area (Å²) in [5.74, 6) is 0. The number of hydrogen-bond donors (Lipinski definition) is 0. The van der Waals surface area contributed by atoms with E-state index >= 15 is 0 Å². The average Bonchev–Trinajstić information content (AvgIpc) is 2.40. The molecule has 0 atom stereocenters. The Morgan fingerprint density at radius 2 is 1.17 bits per heavy atom. The number of rotatable bonds is 3. The van der Waals surface area contributed by atoms with Gasteiger partial charge in [0.1, 0.15) is 0 Å². The summed E-state index contributed by atoms with van der Waals surface area (Å²) < 4.78 is 0. The van der Waals surface area contributed by atoms with E-state index in [0.29, 0.717) is 0 Å². The van der Waals surface area contributed by atoms with Crippen molar-refractivity contribution in [1.29, 1.82) is 0 Å². The maximum atomic E-state index is 4.27. The lowest BCUT2D eigenvalue weighted by atomic mass is 9.91. The van der Waals surface area contributed by atoms with E-state index < -0.39 is 0 Å². The Balaban J connectivity index is 2.47. The molecule has 0 saturated heterocycles. The zero-order chi connectivity index (χ0) is 13.0. The predicted octanol–water partition coefficient (Wildman–Crippen LogP) is 5.19. The minimum atomic E-state index is 1.09. The van der Waals surface area contributed by atoms with E-state index in [1.807, 2.05) is 24.3 Å². The molecule has 0 heteroatoms. The van der Waals surface area contributed by atoms with Gasteiger partial charge >= 0.3 is 0 Å². The van der Waals surface area contributed by atoms with Gasteiger partial charge in [0.15, 0.2) is 0 Å². The monoisotopic (exact) mass is 234 g/mol. The van der Waals surface area contributed by atoms with Gasteiger partial charge in [0.25, 0.3) is 0 Å². The highest BCUT2D eigenvalue weighted by molar-refractivity contribution is 6.04. The summed E-state index contributed by atoms with van der Waals surface area (Å²) in [6.45, 7) is 8.54. The smallest absolute Gasteiger partial charge is 0.0125 e. The van der Waals surface area contributed by atoms with Crippen molar-refractivity contribution < 1.29 is 0 Å². The first kappa shape index (κ1) is 12.4. The van der Waals surface area contributed by atoms with Crippen LogP contribution in [-0.4, -0.2) is 0 Å². The SMILES string of the molecule is C=C(C(=C(C)C)c1ccccc1)c1ccccc1. The second-order valence-corrected chi connectivity index (χ2v) is 4.59. The summed E-state index contributed by atoms with van der Waals surface area (Å²) in [5.41, 5.74) is 6.02. The first-order valence-corrected chi connectivity index (χ1v) is 6.17. The Hall–Kier alpha value is -2.08. The number of benzene rings is 2. The second-order valence-electron chi connectivity index (χ2n) is 4.59. The first-order valence-electron chi connectivity index (χ1n) is 6.17. The van der Waals surface area contributed by atoms with Gasteiger partial charge in [-0.05, 0) is 36.1 Å². The Morgan fingerprint density at radius 1 is 0.722 bits per heavy atom. The summed E-state index contributed by atoms with van der Waals surface area (Å²) in [5, 5.41) is 0. The van der Waals surface area contributed by atoms with Crippen LogP contribution in [0.3, 0.4) is 0 Å². The maximum Gasteiger partial charge on any atom is -0.0125 e. The fraction of sp³-hybridized carbons (Fsp3) is 0.111. The molecule has 0 nitrogen and oxygen atoms in total. The van der Waals surface area contributed by atoms with Gasteiger partial charge in [-0.25, -0.2) is 0 Å². The number of allylic oxidation sites excluding steroid dienone is 3. The van der Waals surface area contributed by atoms with Gasteiger partial charge in [0.05, 0.1) is 0 Å². The van der Waals surface area contributed by atoms with Crippen LogP contribution < -0.4 is 0 Å². The minimum absolute atomic E-state index is 1.09. The van der Waals surface area contributed by atoms with Crippen molar-refractivity contribution in [3.63, 3.8) is 0 Å². The van der Waals surface area contributed by atoms with Crippen molar-refractivity contribution in [2.24, 2.45) is 0 Å². The molecule has 0 N–H and O–H groups in total. The van der Waals surface area contributed by atoms with E-state index in [2.05, 4.69) is 56.8 Å². The van der Waals surface area contributed by atoms with Crippen molar-refractivity contribution in [3.05, 3.63) is 83.9 Å². The van der Waals surface area contributed by atoms with Crippen molar-refractivity contribution in [2.75, 3.05) is 0 Å². The molecule has 18 heavy (non-hydrogen) atoms. The van der Waals surface area contributed by atoms with E-state index in [0.717, 1.165) is 5.57 Å². The van der Waals surface area contributed by atoms with E-state index in [1.54, 1.807) is 0 Å². The number of hydrogen-bond acceptors (Lipinski definition) is 0. The Bertz CT molecular complexity index is 556. The van der Waals surface area contributed by atoms with Gasteiger partial charge in [-0.3, -0.25) is 0 Å². The Kier molecular flexibility index (Phi) is 3.78. The molecule has 90 valence electrons. The standard InChI is InChI=1S/C18H18/c1-14(2)18(17-12-8-5-9-13-17)15(3)16-10-6-4-7-11-16/h4-13H,3H2,1-2H3. The molecule has 0 spiro atoms. The molecule has 0 aliphatic rings. The van der Waals surface area contributed by atoms with E-state index in [-0.39, 0.29) is 0 Å². The van der Waals surface area contributed by atoms with E-state index in [1.165, 1.54) is 22.3 Å². The van der Waals surface area contributed by atoms with Crippen LogP contribution in [0, 0.1) is 0 Å². The molecule has 0 bridgehead atoms. The van der Waals surface area contributed by atoms with Crippen LogP contribution in [0.4, 0.5) is 0 Å². The van der Waals surface area contributed by atoms with Crippen molar-refractivity contribution >= 4 is 11.1 Å². The second kappa shape index (κ2) is 5.50. The zero-order valence-electron chi connectivity index (χ0n) is 11.0. The quantitative estimate of drug-likeness (QED) is 0.641. The topological polar surface area (TPSA) is 0 Å². The molecular weight excluding hydrogens is 216 g/mol. The minimum Gasteiger partial charge on any atom is -0.0905 e. The summed E-state index contributed by atoms with van der Waals surface area (Å²) in [7, 11) is 0. The van der Waals surface area contributed by atoms with E-state index in [9.17, 15) is 0 Å². The molecular formula is C18H18. The average molecular weight is 234 g/mol. The van der Waals surface area contributed by atoms with Crippen LogP contribution >= 0.6 is 0 Å². The molecule has 0 aromatic heterocycles. The molecule has 0 aliphatic heterocycles. The largest absolute Gasteiger partial charge is 0.0905 e. The van der Waals surface area contributed by atoms with Crippen LogP contribution in [0.2, 0.25) is 0 Å². The molecule has 2 aromatic rings. The van der Waals surface area contributed by atoms with Crippen LogP contribution in [0.5, 0.6) is 0 Å². The summed E-state index contributed by atoms with van der Waals surface area (Å²) in [4.78, 5) is 0. The van der Waals surface area contributed by atoms with Gasteiger partial charge < -0.3 is 0 Å². The maximum absolute atomic E-state index is 4.27. The third-order valence-corrected chi connectivity index (χ3v) is 2.99. The summed E-state index contributed by atoms with van der Waals surface area (Å²) in [6, 6.07) is 20.8.